The van der Waals surface area contributed by atoms with Crippen LogP contribution in [0.25, 0.3) is 0 Å². The molecule has 1 rings (SSSR count). The molecule has 2 nitrogen and oxygen atoms in total. The molecule has 0 fully saturated rings. The summed E-state index contributed by atoms with van der Waals surface area (Å²) in [6, 6.07) is 6.34. The van der Waals surface area contributed by atoms with Crippen LogP contribution in [0.1, 0.15) is 33.3 Å². The van der Waals surface area contributed by atoms with E-state index in [4.69, 9.17) is 5.73 Å². The third kappa shape index (κ3) is 2.91. The molecule has 0 aliphatic carbocycles. The van der Waals surface area contributed by atoms with Gasteiger partial charge in [-0.1, -0.05) is 32.0 Å². The summed E-state index contributed by atoms with van der Waals surface area (Å²) < 4.78 is 13.5. The summed E-state index contributed by atoms with van der Waals surface area (Å²) in [6.07, 6.45) is 0.0836. The number of carbonyl (C=O) groups is 1. The summed E-state index contributed by atoms with van der Waals surface area (Å²) in [4.78, 5) is 12.2. The summed E-state index contributed by atoms with van der Waals surface area (Å²) >= 11 is 0. The zero-order valence-electron chi connectivity index (χ0n) is 10.9. The number of benzene rings is 1. The lowest BCUT2D eigenvalue weighted by Crippen LogP contribution is -2.52. The van der Waals surface area contributed by atoms with Crippen LogP contribution in [0, 0.1) is 11.2 Å². The average Bonchev–Trinajstić information content (AvgIpc) is 2.19. The summed E-state index contributed by atoms with van der Waals surface area (Å²) in [5.41, 5.74) is 5.10. The van der Waals surface area contributed by atoms with E-state index in [1.54, 1.807) is 32.0 Å². The number of carbonyl (C=O) groups excluding carboxylic acids is 1. The summed E-state index contributed by atoms with van der Waals surface area (Å²) in [7, 11) is 0. The van der Waals surface area contributed by atoms with Crippen LogP contribution >= 0.6 is 0 Å². The van der Waals surface area contributed by atoms with Crippen molar-refractivity contribution in [2.45, 2.75) is 39.7 Å². The van der Waals surface area contributed by atoms with Gasteiger partial charge in [0.15, 0.2) is 0 Å². The quantitative estimate of drug-likeness (QED) is 0.875. The molecule has 0 spiro atoms. The lowest BCUT2D eigenvalue weighted by Gasteiger charge is -2.37. The molecule has 0 saturated carbocycles. The average molecular weight is 237 g/mol. The van der Waals surface area contributed by atoms with Crippen LogP contribution in [0.4, 0.5) is 4.39 Å². The highest BCUT2D eigenvalue weighted by atomic mass is 19.1. The van der Waals surface area contributed by atoms with Crippen LogP contribution in [0.3, 0.4) is 0 Å². The van der Waals surface area contributed by atoms with Gasteiger partial charge in [0, 0.05) is 17.4 Å². The number of hydrogen-bond donors (Lipinski definition) is 1. The Hall–Kier alpha value is -1.22. The smallest absolute Gasteiger partial charge is 0.144 e. The first kappa shape index (κ1) is 13.8. The highest BCUT2D eigenvalue weighted by molar-refractivity contribution is 5.87. The van der Waals surface area contributed by atoms with Crippen molar-refractivity contribution in [1.82, 2.24) is 0 Å². The van der Waals surface area contributed by atoms with Gasteiger partial charge in [0.2, 0.25) is 0 Å². The van der Waals surface area contributed by atoms with Gasteiger partial charge < -0.3 is 5.73 Å². The van der Waals surface area contributed by atoms with Gasteiger partial charge in [-0.2, -0.15) is 0 Å². The van der Waals surface area contributed by atoms with E-state index in [1.165, 1.54) is 6.07 Å². The molecule has 3 heteroatoms. The van der Waals surface area contributed by atoms with E-state index < -0.39 is 11.0 Å². The first-order valence-corrected chi connectivity index (χ1v) is 5.72. The van der Waals surface area contributed by atoms with Crippen LogP contribution in [0.2, 0.25) is 0 Å². The van der Waals surface area contributed by atoms with Crippen molar-refractivity contribution in [3.8, 4) is 0 Å². The minimum Gasteiger partial charge on any atom is -0.325 e. The molecule has 0 unspecified atom stereocenters. The van der Waals surface area contributed by atoms with Gasteiger partial charge in [-0.25, -0.2) is 4.39 Å². The number of halogens is 1. The van der Waals surface area contributed by atoms with Gasteiger partial charge in [-0.05, 0) is 25.5 Å². The Labute approximate surface area is 102 Å². The Morgan fingerprint density at radius 3 is 2.24 bits per heavy atom. The van der Waals surface area contributed by atoms with E-state index in [9.17, 15) is 9.18 Å². The van der Waals surface area contributed by atoms with Gasteiger partial charge in [0.1, 0.15) is 11.6 Å². The predicted octanol–water partition coefficient (Wildman–Crippen LogP) is 2.70. The van der Waals surface area contributed by atoms with Crippen molar-refractivity contribution in [2.75, 3.05) is 0 Å². The number of nitrogens with two attached hydrogens (primary N) is 1. The number of ketones is 1. The van der Waals surface area contributed by atoms with Crippen LogP contribution in [0.5, 0.6) is 0 Å². The lowest BCUT2D eigenvalue weighted by molar-refractivity contribution is -0.129. The summed E-state index contributed by atoms with van der Waals surface area (Å²) in [5.74, 6) is -0.387. The Morgan fingerprint density at radius 1 is 1.24 bits per heavy atom. The molecule has 0 bridgehead atoms. The topological polar surface area (TPSA) is 43.1 Å². The molecule has 0 aromatic heterocycles. The first-order valence-electron chi connectivity index (χ1n) is 5.72. The third-order valence-corrected chi connectivity index (χ3v) is 3.62. The van der Waals surface area contributed by atoms with E-state index in [-0.39, 0.29) is 18.0 Å². The molecular formula is C14H20FNO. The van der Waals surface area contributed by atoms with E-state index in [1.807, 2.05) is 13.8 Å². The maximum absolute atomic E-state index is 13.5. The van der Waals surface area contributed by atoms with E-state index >= 15 is 0 Å². The van der Waals surface area contributed by atoms with E-state index in [0.717, 1.165) is 0 Å². The van der Waals surface area contributed by atoms with Gasteiger partial charge in [-0.15, -0.1) is 0 Å². The maximum Gasteiger partial charge on any atom is 0.144 e. The Kier molecular flexibility index (Phi) is 3.72. The summed E-state index contributed by atoms with van der Waals surface area (Å²) in [5, 5.41) is 0. The van der Waals surface area contributed by atoms with Gasteiger partial charge >= 0.3 is 0 Å². The highest BCUT2D eigenvalue weighted by Gasteiger charge is 2.39. The zero-order valence-corrected chi connectivity index (χ0v) is 10.9. The van der Waals surface area contributed by atoms with Crippen LogP contribution < -0.4 is 5.73 Å². The second-order valence-electron chi connectivity index (χ2n) is 5.54. The molecule has 0 amide bonds. The molecule has 0 aliphatic heterocycles. The first-order chi connectivity index (χ1) is 7.66. The van der Waals surface area contributed by atoms with E-state index in [0.29, 0.717) is 5.56 Å². The second kappa shape index (κ2) is 4.57. The SMILES string of the molecule is CC(C)(N)C(C)(C)C(=O)Cc1ccccc1F. The zero-order chi connectivity index (χ0) is 13.3. The fraction of sp³-hybridized carbons (Fsp3) is 0.500. The highest BCUT2D eigenvalue weighted by Crippen LogP contribution is 2.30. The standard InChI is InChI=1S/C14H20FNO/c1-13(2,14(3,4)16)12(17)9-10-7-5-6-8-11(10)15/h5-8H,9,16H2,1-4H3. The van der Waals surface area contributed by atoms with Crippen molar-refractivity contribution in [3.63, 3.8) is 0 Å². The molecule has 17 heavy (non-hydrogen) atoms. The normalized spacial score (nSPS) is 12.6. The molecule has 0 heterocycles. The number of rotatable bonds is 4. The molecule has 0 atom stereocenters. The minimum absolute atomic E-state index is 0.0462. The van der Waals surface area contributed by atoms with Crippen molar-refractivity contribution in [1.29, 1.82) is 0 Å². The molecule has 1 aromatic rings. The van der Waals surface area contributed by atoms with Crippen LogP contribution in [-0.2, 0) is 11.2 Å². The molecule has 0 radical (unpaired) electrons. The Morgan fingerprint density at radius 2 is 1.76 bits per heavy atom. The second-order valence-corrected chi connectivity index (χ2v) is 5.54. The Balaban J connectivity index is 2.91. The predicted molar refractivity (Wildman–Crippen MR) is 67.2 cm³/mol. The molecule has 0 saturated heterocycles. The Bertz CT molecular complexity index is 418. The lowest BCUT2D eigenvalue weighted by atomic mass is 9.71. The fourth-order valence-electron chi connectivity index (χ4n) is 1.40. The molecule has 2 N–H and O–H groups in total. The molecule has 1 aromatic carbocycles. The van der Waals surface area contributed by atoms with Crippen molar-refractivity contribution in [3.05, 3.63) is 35.6 Å². The largest absolute Gasteiger partial charge is 0.325 e. The molecule has 0 aliphatic rings. The molecular weight excluding hydrogens is 217 g/mol. The van der Waals surface area contributed by atoms with Crippen molar-refractivity contribution < 1.29 is 9.18 Å². The number of Topliss-reactive ketones (excluding diaryl/α,β-unsaturated/α-hetero) is 1. The number of hydrogen-bond acceptors (Lipinski definition) is 2. The fourth-order valence-corrected chi connectivity index (χ4v) is 1.40. The van der Waals surface area contributed by atoms with Crippen molar-refractivity contribution >= 4 is 5.78 Å². The summed E-state index contributed by atoms with van der Waals surface area (Å²) in [6.45, 7) is 7.23. The van der Waals surface area contributed by atoms with Crippen molar-refractivity contribution in [2.24, 2.45) is 11.1 Å². The molecule has 94 valence electrons. The van der Waals surface area contributed by atoms with Gasteiger partial charge in [-0.3, -0.25) is 4.79 Å². The van der Waals surface area contributed by atoms with Gasteiger partial charge in [0.25, 0.3) is 0 Å². The maximum atomic E-state index is 13.5. The van der Waals surface area contributed by atoms with Crippen LogP contribution in [-0.4, -0.2) is 11.3 Å². The van der Waals surface area contributed by atoms with Crippen LogP contribution in [0.15, 0.2) is 24.3 Å². The third-order valence-electron chi connectivity index (χ3n) is 3.62. The monoisotopic (exact) mass is 237 g/mol. The minimum atomic E-state index is -0.685. The van der Waals surface area contributed by atoms with Gasteiger partial charge in [0.05, 0.1) is 0 Å². The van der Waals surface area contributed by atoms with E-state index in [2.05, 4.69) is 0 Å².